The highest BCUT2D eigenvalue weighted by molar-refractivity contribution is 5.83. The summed E-state index contributed by atoms with van der Waals surface area (Å²) in [7, 11) is 0. The SMILES string of the molecule is Cc1cc(O[C@@H](C)C(=O)N2CCNC(=O)CC2)ccc1C(C)C. The van der Waals surface area contributed by atoms with Crippen LogP contribution in [0, 0.1) is 6.92 Å². The van der Waals surface area contributed by atoms with Crippen molar-refractivity contribution in [2.75, 3.05) is 19.6 Å². The molecule has 23 heavy (non-hydrogen) atoms. The molecular weight excluding hydrogens is 292 g/mol. The maximum absolute atomic E-state index is 12.5. The molecule has 0 unspecified atom stereocenters. The third kappa shape index (κ3) is 4.47. The van der Waals surface area contributed by atoms with Crippen LogP contribution in [0.15, 0.2) is 18.2 Å². The summed E-state index contributed by atoms with van der Waals surface area (Å²) >= 11 is 0. The van der Waals surface area contributed by atoms with Crippen molar-refractivity contribution in [1.29, 1.82) is 0 Å². The number of rotatable bonds is 4. The zero-order valence-electron chi connectivity index (χ0n) is 14.4. The number of ether oxygens (including phenoxy) is 1. The van der Waals surface area contributed by atoms with Crippen molar-refractivity contribution in [2.24, 2.45) is 0 Å². The van der Waals surface area contributed by atoms with Gasteiger partial charge >= 0.3 is 0 Å². The fourth-order valence-corrected chi connectivity index (χ4v) is 2.87. The number of hydrogen-bond donors (Lipinski definition) is 1. The number of hydrogen-bond acceptors (Lipinski definition) is 3. The lowest BCUT2D eigenvalue weighted by molar-refractivity contribution is -0.137. The fraction of sp³-hybridized carbons (Fsp3) is 0.556. The van der Waals surface area contributed by atoms with E-state index in [9.17, 15) is 9.59 Å². The van der Waals surface area contributed by atoms with Crippen molar-refractivity contribution in [3.63, 3.8) is 0 Å². The molecule has 0 aromatic heterocycles. The van der Waals surface area contributed by atoms with Gasteiger partial charge in [-0.05, 0) is 43.0 Å². The Morgan fingerprint density at radius 2 is 2.00 bits per heavy atom. The van der Waals surface area contributed by atoms with Crippen LogP contribution >= 0.6 is 0 Å². The van der Waals surface area contributed by atoms with Gasteiger partial charge in [-0.2, -0.15) is 0 Å². The average Bonchev–Trinajstić information content (AvgIpc) is 2.70. The second-order valence-corrected chi connectivity index (χ2v) is 6.36. The van der Waals surface area contributed by atoms with Crippen LogP contribution in [-0.2, 0) is 9.59 Å². The van der Waals surface area contributed by atoms with E-state index in [2.05, 4.69) is 32.2 Å². The molecule has 0 spiro atoms. The van der Waals surface area contributed by atoms with Gasteiger partial charge < -0.3 is 15.0 Å². The molecule has 1 aromatic carbocycles. The van der Waals surface area contributed by atoms with Gasteiger partial charge in [0.25, 0.3) is 5.91 Å². The molecule has 0 bridgehead atoms. The zero-order valence-corrected chi connectivity index (χ0v) is 14.4. The molecule has 1 saturated heterocycles. The lowest BCUT2D eigenvalue weighted by Gasteiger charge is -2.24. The predicted molar refractivity (Wildman–Crippen MR) is 89.6 cm³/mol. The van der Waals surface area contributed by atoms with Crippen molar-refractivity contribution >= 4 is 11.8 Å². The lowest BCUT2D eigenvalue weighted by Crippen LogP contribution is -2.42. The standard InChI is InChI=1S/C18H26N2O3/c1-12(2)16-6-5-15(11-13(16)3)23-14(4)18(22)20-9-7-17(21)19-8-10-20/h5-6,11-12,14H,7-10H2,1-4H3,(H,19,21)/t14-/m0/s1. The van der Waals surface area contributed by atoms with Crippen LogP contribution in [0.1, 0.15) is 44.2 Å². The summed E-state index contributed by atoms with van der Waals surface area (Å²) in [4.78, 5) is 25.5. The Morgan fingerprint density at radius 3 is 2.65 bits per heavy atom. The molecule has 5 nitrogen and oxygen atoms in total. The van der Waals surface area contributed by atoms with E-state index in [4.69, 9.17) is 4.74 Å². The minimum atomic E-state index is -0.562. The Labute approximate surface area is 138 Å². The number of nitrogens with one attached hydrogen (secondary N) is 1. The van der Waals surface area contributed by atoms with Crippen LogP contribution < -0.4 is 10.1 Å². The van der Waals surface area contributed by atoms with E-state index in [0.29, 0.717) is 37.7 Å². The molecule has 1 heterocycles. The minimum absolute atomic E-state index is 0.00577. The van der Waals surface area contributed by atoms with Gasteiger partial charge in [-0.3, -0.25) is 9.59 Å². The van der Waals surface area contributed by atoms with Gasteiger partial charge in [-0.25, -0.2) is 0 Å². The molecule has 1 aromatic rings. The normalized spacial score (nSPS) is 16.7. The molecule has 0 aliphatic carbocycles. The molecule has 1 fully saturated rings. The van der Waals surface area contributed by atoms with Crippen LogP contribution in [-0.4, -0.2) is 42.5 Å². The summed E-state index contributed by atoms with van der Waals surface area (Å²) in [6, 6.07) is 5.95. The first kappa shape index (κ1) is 17.3. The van der Waals surface area contributed by atoms with Gasteiger partial charge in [0.15, 0.2) is 6.10 Å². The molecule has 1 N–H and O–H groups in total. The largest absolute Gasteiger partial charge is 0.481 e. The summed E-state index contributed by atoms with van der Waals surface area (Å²) in [5.41, 5.74) is 2.45. The minimum Gasteiger partial charge on any atom is -0.481 e. The Hall–Kier alpha value is -2.04. The van der Waals surface area contributed by atoms with Gasteiger partial charge in [0, 0.05) is 26.1 Å². The molecule has 0 saturated carbocycles. The first-order chi connectivity index (χ1) is 10.9. The second-order valence-electron chi connectivity index (χ2n) is 6.36. The Morgan fingerprint density at radius 1 is 1.26 bits per heavy atom. The molecule has 5 heteroatoms. The summed E-state index contributed by atoms with van der Waals surface area (Å²) < 4.78 is 5.82. The Balaban J connectivity index is 2.00. The average molecular weight is 318 g/mol. The van der Waals surface area contributed by atoms with Crippen LogP contribution in [0.2, 0.25) is 0 Å². The van der Waals surface area contributed by atoms with Crippen molar-refractivity contribution in [3.05, 3.63) is 29.3 Å². The predicted octanol–water partition coefficient (Wildman–Crippen LogP) is 2.23. The van der Waals surface area contributed by atoms with Crippen molar-refractivity contribution in [1.82, 2.24) is 10.2 Å². The molecule has 1 aliphatic rings. The first-order valence-corrected chi connectivity index (χ1v) is 8.21. The van der Waals surface area contributed by atoms with Crippen molar-refractivity contribution in [3.8, 4) is 5.75 Å². The van der Waals surface area contributed by atoms with Crippen molar-refractivity contribution < 1.29 is 14.3 Å². The first-order valence-electron chi connectivity index (χ1n) is 8.21. The molecular formula is C18H26N2O3. The number of amides is 2. The molecule has 1 atom stereocenters. The quantitative estimate of drug-likeness (QED) is 0.926. The summed E-state index contributed by atoms with van der Waals surface area (Å²) in [5, 5.41) is 2.77. The van der Waals surface area contributed by atoms with Crippen molar-refractivity contribution in [2.45, 2.75) is 46.1 Å². The Bertz CT molecular complexity index is 584. The van der Waals surface area contributed by atoms with Crippen LogP contribution in [0.5, 0.6) is 5.75 Å². The number of nitrogens with zero attached hydrogens (tertiary/aromatic N) is 1. The molecule has 2 rings (SSSR count). The van der Waals surface area contributed by atoms with Gasteiger partial charge in [0.05, 0.1) is 0 Å². The monoisotopic (exact) mass is 318 g/mol. The van der Waals surface area contributed by atoms with Gasteiger partial charge in [-0.1, -0.05) is 19.9 Å². The maximum Gasteiger partial charge on any atom is 0.263 e. The number of aryl methyl sites for hydroxylation is 1. The van der Waals surface area contributed by atoms with Crippen LogP contribution in [0.3, 0.4) is 0 Å². The summed E-state index contributed by atoms with van der Waals surface area (Å²) in [5.74, 6) is 1.09. The fourth-order valence-electron chi connectivity index (χ4n) is 2.87. The molecule has 0 radical (unpaired) electrons. The van der Waals surface area contributed by atoms with E-state index in [-0.39, 0.29) is 11.8 Å². The topological polar surface area (TPSA) is 58.6 Å². The smallest absolute Gasteiger partial charge is 0.263 e. The highest BCUT2D eigenvalue weighted by atomic mass is 16.5. The van der Waals surface area contributed by atoms with Crippen LogP contribution in [0.4, 0.5) is 0 Å². The zero-order chi connectivity index (χ0) is 17.0. The summed E-state index contributed by atoms with van der Waals surface area (Å²) in [6.07, 6.45) is -0.215. The van der Waals surface area contributed by atoms with E-state index in [1.165, 1.54) is 11.1 Å². The van der Waals surface area contributed by atoms with E-state index >= 15 is 0 Å². The number of carbonyl (C=O) groups excluding carboxylic acids is 2. The van der Waals surface area contributed by atoms with Gasteiger partial charge in [-0.15, -0.1) is 0 Å². The third-order valence-corrected chi connectivity index (χ3v) is 4.15. The highest BCUT2D eigenvalue weighted by Gasteiger charge is 2.24. The van der Waals surface area contributed by atoms with E-state index in [0.717, 1.165) is 0 Å². The van der Waals surface area contributed by atoms with Gasteiger partial charge in [0.1, 0.15) is 5.75 Å². The number of carbonyl (C=O) groups is 2. The second kappa shape index (κ2) is 7.49. The molecule has 126 valence electrons. The summed E-state index contributed by atoms with van der Waals surface area (Å²) in [6.45, 7) is 9.61. The lowest BCUT2D eigenvalue weighted by atomic mass is 9.98. The molecule has 1 aliphatic heterocycles. The van der Waals surface area contributed by atoms with Gasteiger partial charge in [0.2, 0.25) is 5.91 Å². The third-order valence-electron chi connectivity index (χ3n) is 4.15. The maximum atomic E-state index is 12.5. The number of benzene rings is 1. The van der Waals surface area contributed by atoms with E-state index < -0.39 is 6.10 Å². The van der Waals surface area contributed by atoms with Crippen LogP contribution in [0.25, 0.3) is 0 Å². The highest BCUT2D eigenvalue weighted by Crippen LogP contribution is 2.24. The van der Waals surface area contributed by atoms with E-state index in [1.54, 1.807) is 11.8 Å². The Kier molecular flexibility index (Phi) is 5.64. The van der Waals surface area contributed by atoms with E-state index in [1.807, 2.05) is 12.1 Å². The molecule has 2 amide bonds.